The fourth-order valence-electron chi connectivity index (χ4n) is 3.84. The molecule has 2 fully saturated rings. The van der Waals surface area contributed by atoms with Crippen molar-refractivity contribution in [1.29, 1.82) is 5.26 Å². The van der Waals surface area contributed by atoms with Gasteiger partial charge in [0.1, 0.15) is 5.75 Å². The van der Waals surface area contributed by atoms with Crippen LogP contribution in [0.5, 0.6) is 17.2 Å². The highest BCUT2D eigenvalue weighted by Crippen LogP contribution is 2.41. The maximum atomic E-state index is 13.5. The third kappa shape index (κ3) is 6.19. The van der Waals surface area contributed by atoms with E-state index in [1.807, 2.05) is 0 Å². The van der Waals surface area contributed by atoms with Crippen molar-refractivity contribution in [2.45, 2.75) is 19.0 Å². The fourth-order valence-corrected chi connectivity index (χ4v) is 4.69. The first-order chi connectivity index (χ1) is 17.3. The van der Waals surface area contributed by atoms with Gasteiger partial charge >= 0.3 is 6.18 Å². The Balaban J connectivity index is 1.49. The molecule has 4 rings (SSSR count). The first-order valence-electron chi connectivity index (χ1n) is 11.2. The van der Waals surface area contributed by atoms with Gasteiger partial charge in [-0.05, 0) is 79.7 Å². The molecule has 2 aromatic carbocycles. The number of amidine groups is 1. The van der Waals surface area contributed by atoms with Crippen LogP contribution in [0.15, 0.2) is 46.3 Å². The minimum absolute atomic E-state index is 0.0579. The zero-order valence-electron chi connectivity index (χ0n) is 19.4. The topological polar surface area (TPSA) is 86.9 Å². The number of carbonyl (C=O) groups excluding carboxylic acids is 1. The summed E-state index contributed by atoms with van der Waals surface area (Å²) in [5.74, 6) is -0.481. The number of amides is 1. The van der Waals surface area contributed by atoms with Crippen LogP contribution >= 0.6 is 11.8 Å². The summed E-state index contributed by atoms with van der Waals surface area (Å²) < 4.78 is 51.3. The monoisotopic (exact) mass is 516 g/mol. The summed E-state index contributed by atoms with van der Waals surface area (Å²) in [6.07, 6.45) is -0.642. The highest BCUT2D eigenvalue weighted by molar-refractivity contribution is 8.18. The average molecular weight is 517 g/mol. The summed E-state index contributed by atoms with van der Waals surface area (Å²) >= 11 is 1.23. The number of halogens is 3. The number of hydrogen-bond acceptors (Lipinski definition) is 7. The van der Waals surface area contributed by atoms with E-state index < -0.39 is 17.5 Å². The molecular weight excluding hydrogens is 493 g/mol. The van der Waals surface area contributed by atoms with E-state index in [2.05, 4.69) is 15.2 Å². The quantitative estimate of drug-likeness (QED) is 0.520. The van der Waals surface area contributed by atoms with Crippen LogP contribution < -0.4 is 14.8 Å². The van der Waals surface area contributed by atoms with Crippen LogP contribution in [-0.2, 0) is 11.0 Å². The molecule has 1 N–H and O–H groups in total. The molecule has 0 atom stereocenters. The number of rotatable bonds is 7. The molecule has 7 nitrogen and oxygen atoms in total. The van der Waals surface area contributed by atoms with Crippen molar-refractivity contribution in [1.82, 2.24) is 10.2 Å². The molecule has 0 unspecified atom stereocenters. The lowest BCUT2D eigenvalue weighted by Gasteiger charge is -2.16. The van der Waals surface area contributed by atoms with Gasteiger partial charge in [-0.2, -0.15) is 18.4 Å². The van der Waals surface area contributed by atoms with Crippen LogP contribution in [0, 0.1) is 11.3 Å². The van der Waals surface area contributed by atoms with Gasteiger partial charge in [0.25, 0.3) is 5.91 Å². The summed E-state index contributed by atoms with van der Waals surface area (Å²) in [5.41, 5.74) is -0.591. The third-order valence-electron chi connectivity index (χ3n) is 5.64. The SMILES string of the molecule is COc1cc(/C=C2\SC(=NCCN3CCCC3)NC2=O)ccc1Oc1ccc(C#N)cc1C(F)(F)F. The molecule has 2 saturated heterocycles. The predicted molar refractivity (Wildman–Crippen MR) is 131 cm³/mol. The van der Waals surface area contributed by atoms with E-state index in [-0.39, 0.29) is 23.0 Å². The smallest absolute Gasteiger partial charge is 0.420 e. The van der Waals surface area contributed by atoms with Gasteiger partial charge < -0.3 is 19.7 Å². The molecule has 0 aliphatic carbocycles. The van der Waals surface area contributed by atoms with Gasteiger partial charge in [-0.1, -0.05) is 6.07 Å². The minimum Gasteiger partial charge on any atom is -0.493 e. The molecule has 0 bridgehead atoms. The van der Waals surface area contributed by atoms with Gasteiger partial charge in [-0.15, -0.1) is 0 Å². The molecule has 2 aliphatic heterocycles. The first-order valence-corrected chi connectivity index (χ1v) is 12.0. The number of carbonyl (C=O) groups is 1. The Morgan fingerprint density at radius 1 is 1.17 bits per heavy atom. The maximum Gasteiger partial charge on any atom is 0.420 e. The Kier molecular flexibility index (Phi) is 7.86. The second kappa shape index (κ2) is 11.1. The molecule has 188 valence electrons. The standard InChI is InChI=1S/C25H23F3N4O3S/c1-34-21-13-16(14-22-23(33)31-24(36-22)30-8-11-32-9-2-3-10-32)4-7-20(21)35-19-6-5-17(15-29)12-18(19)25(26,27)28/h4-7,12-14H,2-3,8-11H2,1H3,(H,30,31,33)/b22-14-. The van der Waals surface area contributed by atoms with Crippen molar-refractivity contribution >= 4 is 28.9 Å². The third-order valence-corrected chi connectivity index (χ3v) is 6.59. The number of likely N-dealkylation sites (tertiary alicyclic amines) is 1. The van der Waals surface area contributed by atoms with E-state index >= 15 is 0 Å². The first kappa shape index (κ1) is 25.6. The summed E-state index contributed by atoms with van der Waals surface area (Å²) in [6.45, 7) is 3.62. The Morgan fingerprint density at radius 2 is 1.92 bits per heavy atom. The number of methoxy groups -OCH3 is 1. The Labute approximate surface area is 210 Å². The zero-order valence-corrected chi connectivity index (χ0v) is 20.2. The number of nitrogens with one attached hydrogen (secondary N) is 1. The van der Waals surface area contributed by atoms with E-state index in [1.165, 1.54) is 43.8 Å². The van der Waals surface area contributed by atoms with Crippen molar-refractivity contribution in [2.24, 2.45) is 4.99 Å². The Morgan fingerprint density at radius 3 is 2.61 bits per heavy atom. The molecule has 0 aromatic heterocycles. The highest BCUT2D eigenvalue weighted by atomic mass is 32.2. The largest absolute Gasteiger partial charge is 0.493 e. The average Bonchev–Trinajstić information content (AvgIpc) is 3.49. The number of nitrogens with zero attached hydrogens (tertiary/aromatic N) is 3. The fraction of sp³-hybridized carbons (Fsp3) is 0.320. The summed E-state index contributed by atoms with van der Waals surface area (Å²) in [7, 11) is 1.37. The van der Waals surface area contributed by atoms with Crippen LogP contribution in [0.1, 0.15) is 29.5 Å². The van der Waals surface area contributed by atoms with Crippen LogP contribution in [0.2, 0.25) is 0 Å². The number of thioether (sulfide) groups is 1. The molecule has 36 heavy (non-hydrogen) atoms. The van der Waals surface area contributed by atoms with Crippen molar-refractivity contribution in [3.8, 4) is 23.3 Å². The Hall–Kier alpha value is -3.49. The zero-order chi connectivity index (χ0) is 25.7. The molecule has 1 amide bonds. The molecule has 0 radical (unpaired) electrons. The molecule has 2 heterocycles. The van der Waals surface area contributed by atoms with Gasteiger partial charge in [0.05, 0.1) is 35.8 Å². The Bertz CT molecular complexity index is 1250. The van der Waals surface area contributed by atoms with Crippen LogP contribution in [0.4, 0.5) is 13.2 Å². The molecule has 11 heteroatoms. The molecule has 0 saturated carbocycles. The lowest BCUT2D eigenvalue weighted by molar-refractivity contribution is -0.138. The van der Waals surface area contributed by atoms with Gasteiger partial charge in [-0.25, -0.2) is 0 Å². The maximum absolute atomic E-state index is 13.5. The van der Waals surface area contributed by atoms with Gasteiger partial charge in [-0.3, -0.25) is 9.79 Å². The van der Waals surface area contributed by atoms with E-state index in [0.29, 0.717) is 22.2 Å². The van der Waals surface area contributed by atoms with E-state index in [0.717, 1.165) is 31.8 Å². The van der Waals surface area contributed by atoms with Crippen LogP contribution in [0.25, 0.3) is 6.08 Å². The normalized spacial score (nSPS) is 18.5. The minimum atomic E-state index is -4.71. The summed E-state index contributed by atoms with van der Waals surface area (Å²) in [4.78, 5) is 19.6. The predicted octanol–water partition coefficient (Wildman–Crippen LogP) is 5.03. The number of hydrogen-bond donors (Lipinski definition) is 1. The van der Waals surface area contributed by atoms with E-state index in [9.17, 15) is 18.0 Å². The molecular formula is C25H23F3N4O3S. The number of ether oxygens (including phenoxy) is 2. The number of alkyl halides is 3. The van der Waals surface area contributed by atoms with Gasteiger partial charge in [0.15, 0.2) is 16.7 Å². The van der Waals surface area contributed by atoms with Crippen molar-refractivity contribution in [3.05, 3.63) is 58.0 Å². The van der Waals surface area contributed by atoms with E-state index in [1.54, 1.807) is 24.3 Å². The summed E-state index contributed by atoms with van der Waals surface area (Å²) in [5, 5.41) is 12.2. The molecule has 2 aromatic rings. The van der Waals surface area contributed by atoms with Gasteiger partial charge in [0, 0.05) is 6.54 Å². The lowest BCUT2D eigenvalue weighted by atomic mass is 10.1. The van der Waals surface area contributed by atoms with Crippen molar-refractivity contribution in [2.75, 3.05) is 33.3 Å². The lowest BCUT2D eigenvalue weighted by Crippen LogP contribution is -2.24. The van der Waals surface area contributed by atoms with Crippen LogP contribution in [-0.4, -0.2) is 49.3 Å². The number of benzene rings is 2. The van der Waals surface area contributed by atoms with Crippen molar-refractivity contribution < 1.29 is 27.4 Å². The van der Waals surface area contributed by atoms with Gasteiger partial charge in [0.2, 0.25) is 0 Å². The van der Waals surface area contributed by atoms with Crippen molar-refractivity contribution in [3.63, 3.8) is 0 Å². The summed E-state index contributed by atoms with van der Waals surface area (Å²) in [6, 6.07) is 9.41. The molecule has 2 aliphatic rings. The second-order valence-electron chi connectivity index (χ2n) is 8.13. The second-order valence-corrected chi connectivity index (χ2v) is 9.16. The van der Waals surface area contributed by atoms with Crippen LogP contribution in [0.3, 0.4) is 0 Å². The highest BCUT2D eigenvalue weighted by Gasteiger charge is 2.35. The number of aliphatic imine (C=N–C) groups is 1. The van der Waals surface area contributed by atoms with E-state index in [4.69, 9.17) is 14.7 Å². The molecule has 0 spiro atoms. The number of nitriles is 1.